The quantitative estimate of drug-likeness (QED) is 0.550. The predicted molar refractivity (Wildman–Crippen MR) is 49.8 cm³/mol. The summed E-state index contributed by atoms with van der Waals surface area (Å²) in [5.74, 6) is 0.239. The minimum absolute atomic E-state index is 0. The van der Waals surface area contributed by atoms with Gasteiger partial charge < -0.3 is 12.5 Å². The zero-order valence-corrected chi connectivity index (χ0v) is 8.10. The molecule has 2 rings (SSSR count). The number of rotatable bonds is 0. The maximum atomic E-state index is 9.31. The third kappa shape index (κ3) is 2.20. The van der Waals surface area contributed by atoms with E-state index in [1.165, 1.54) is 0 Å². The van der Waals surface area contributed by atoms with Crippen molar-refractivity contribution >= 4 is 10.9 Å². The number of benzene rings is 1. The molecule has 1 aromatic heterocycles. The standard InChI is InChI=1S/C9H7NO.CH3.Cu/c11-8-5-1-3-7-4-2-6-10-9(7)8;;/h1-6,11H;1H3;/q;-1;+1. The van der Waals surface area contributed by atoms with Crippen LogP contribution in [-0.2, 0) is 17.1 Å². The molecule has 1 N–H and O–H groups in total. The van der Waals surface area contributed by atoms with Gasteiger partial charge in [0.1, 0.15) is 11.3 Å². The topological polar surface area (TPSA) is 33.1 Å². The van der Waals surface area contributed by atoms with E-state index in [2.05, 4.69) is 4.98 Å². The van der Waals surface area contributed by atoms with Crippen LogP contribution in [0.4, 0.5) is 0 Å². The molecule has 72 valence electrons. The normalized spacial score (nSPS) is 8.62. The predicted octanol–water partition coefficient (Wildman–Crippen LogP) is 2.39. The van der Waals surface area contributed by atoms with Crippen LogP contribution in [0.5, 0.6) is 5.75 Å². The van der Waals surface area contributed by atoms with E-state index in [0.29, 0.717) is 5.52 Å². The van der Waals surface area contributed by atoms with Crippen molar-refractivity contribution in [1.82, 2.24) is 4.98 Å². The number of hydrogen-bond donors (Lipinski definition) is 1. The second-order valence-corrected chi connectivity index (χ2v) is 2.35. The first-order valence-electron chi connectivity index (χ1n) is 3.40. The molecule has 2 nitrogen and oxygen atoms in total. The summed E-state index contributed by atoms with van der Waals surface area (Å²) >= 11 is 0. The Morgan fingerprint density at radius 1 is 1.08 bits per heavy atom. The number of fused-ring (bicyclic) bond motifs is 1. The van der Waals surface area contributed by atoms with E-state index in [9.17, 15) is 5.11 Å². The van der Waals surface area contributed by atoms with Crippen molar-refractivity contribution in [3.05, 3.63) is 44.0 Å². The molecule has 0 saturated carbocycles. The molecular formula is C10H10CuNO. The molecule has 0 atom stereocenters. The first-order valence-corrected chi connectivity index (χ1v) is 3.40. The molecule has 0 fully saturated rings. The minimum Gasteiger partial charge on any atom is -0.506 e. The third-order valence-corrected chi connectivity index (χ3v) is 1.61. The van der Waals surface area contributed by atoms with Gasteiger partial charge in [-0.2, -0.15) is 0 Å². The Kier molecular flexibility index (Phi) is 4.46. The van der Waals surface area contributed by atoms with Crippen LogP contribution in [-0.4, -0.2) is 10.1 Å². The molecule has 13 heavy (non-hydrogen) atoms. The summed E-state index contributed by atoms with van der Waals surface area (Å²) in [5.41, 5.74) is 0.662. The van der Waals surface area contributed by atoms with Gasteiger partial charge in [-0.05, 0) is 12.1 Å². The van der Waals surface area contributed by atoms with Crippen molar-refractivity contribution < 1.29 is 22.2 Å². The van der Waals surface area contributed by atoms with Crippen LogP contribution in [0, 0.1) is 7.43 Å². The summed E-state index contributed by atoms with van der Waals surface area (Å²) in [7, 11) is 0. The van der Waals surface area contributed by atoms with Crippen LogP contribution in [0.15, 0.2) is 36.5 Å². The van der Waals surface area contributed by atoms with Crippen LogP contribution >= 0.6 is 0 Å². The van der Waals surface area contributed by atoms with Crippen molar-refractivity contribution in [2.45, 2.75) is 0 Å². The zero-order valence-electron chi connectivity index (χ0n) is 7.16. The van der Waals surface area contributed by atoms with Gasteiger partial charge in [0.2, 0.25) is 0 Å². The average Bonchev–Trinajstić information content (AvgIpc) is 2.06. The number of pyridine rings is 1. The van der Waals surface area contributed by atoms with Crippen LogP contribution in [0.25, 0.3) is 10.9 Å². The van der Waals surface area contributed by atoms with Gasteiger partial charge in [-0.1, -0.05) is 18.2 Å². The molecule has 0 aliphatic heterocycles. The van der Waals surface area contributed by atoms with Gasteiger partial charge in [-0.25, -0.2) is 0 Å². The van der Waals surface area contributed by atoms with Crippen molar-refractivity contribution in [3.8, 4) is 5.75 Å². The van der Waals surface area contributed by atoms with E-state index in [4.69, 9.17) is 0 Å². The molecule has 0 amide bonds. The Labute approximate surface area is 88.1 Å². The number of aromatic nitrogens is 1. The molecule has 1 heterocycles. The number of hydrogen-bond acceptors (Lipinski definition) is 2. The van der Waals surface area contributed by atoms with Crippen molar-refractivity contribution in [2.75, 3.05) is 0 Å². The Bertz CT molecular complexity index is 384. The largest absolute Gasteiger partial charge is 1.00 e. The van der Waals surface area contributed by atoms with Gasteiger partial charge in [-0.15, -0.1) is 0 Å². The van der Waals surface area contributed by atoms with E-state index in [0.717, 1.165) is 5.39 Å². The number of nitrogens with zero attached hydrogens (tertiary/aromatic N) is 1. The molecule has 0 aliphatic carbocycles. The summed E-state index contributed by atoms with van der Waals surface area (Å²) in [6.07, 6.45) is 1.67. The van der Waals surface area contributed by atoms with E-state index < -0.39 is 0 Å². The summed E-state index contributed by atoms with van der Waals surface area (Å²) in [6.45, 7) is 0. The fraction of sp³-hybridized carbons (Fsp3) is 0. The van der Waals surface area contributed by atoms with Crippen LogP contribution in [0.2, 0.25) is 0 Å². The van der Waals surface area contributed by atoms with Gasteiger partial charge in [0, 0.05) is 11.6 Å². The molecule has 0 bridgehead atoms. The van der Waals surface area contributed by atoms with Gasteiger partial charge in [-0.3, -0.25) is 4.98 Å². The van der Waals surface area contributed by atoms with Crippen LogP contribution in [0.1, 0.15) is 0 Å². The molecular weight excluding hydrogens is 214 g/mol. The molecule has 3 heteroatoms. The maximum absolute atomic E-state index is 9.31. The molecule has 0 unspecified atom stereocenters. The monoisotopic (exact) mass is 223 g/mol. The molecule has 0 spiro atoms. The molecule has 0 radical (unpaired) electrons. The average molecular weight is 224 g/mol. The third-order valence-electron chi connectivity index (χ3n) is 1.61. The Hall–Kier alpha value is -1.05. The van der Waals surface area contributed by atoms with Crippen molar-refractivity contribution in [2.24, 2.45) is 0 Å². The fourth-order valence-electron chi connectivity index (χ4n) is 1.09. The Morgan fingerprint density at radius 2 is 1.77 bits per heavy atom. The van der Waals surface area contributed by atoms with Gasteiger partial charge in [0.25, 0.3) is 0 Å². The van der Waals surface area contributed by atoms with Crippen LogP contribution in [0.3, 0.4) is 0 Å². The van der Waals surface area contributed by atoms with Crippen molar-refractivity contribution in [1.29, 1.82) is 0 Å². The van der Waals surface area contributed by atoms with Gasteiger partial charge >= 0.3 is 17.1 Å². The summed E-state index contributed by atoms with van der Waals surface area (Å²) in [5, 5.41) is 10.3. The Morgan fingerprint density at radius 3 is 2.46 bits per heavy atom. The van der Waals surface area contributed by atoms with E-state index in [1.807, 2.05) is 18.2 Å². The first-order chi connectivity index (χ1) is 5.38. The molecule has 0 saturated heterocycles. The summed E-state index contributed by atoms with van der Waals surface area (Å²) in [6, 6.07) is 9.13. The smallest absolute Gasteiger partial charge is 0.506 e. The molecule has 0 aliphatic rings. The minimum atomic E-state index is 0. The maximum Gasteiger partial charge on any atom is 1.00 e. The van der Waals surface area contributed by atoms with Gasteiger partial charge in [0.15, 0.2) is 0 Å². The molecule has 1 aromatic carbocycles. The van der Waals surface area contributed by atoms with E-state index in [1.54, 1.807) is 18.3 Å². The summed E-state index contributed by atoms with van der Waals surface area (Å²) in [4.78, 5) is 4.03. The fourth-order valence-corrected chi connectivity index (χ4v) is 1.09. The first kappa shape index (κ1) is 11.9. The number of aromatic hydroxyl groups is 1. The number of phenols is 1. The Balaban J connectivity index is 0.000000720. The van der Waals surface area contributed by atoms with E-state index >= 15 is 0 Å². The second-order valence-electron chi connectivity index (χ2n) is 2.35. The van der Waals surface area contributed by atoms with Crippen LogP contribution < -0.4 is 0 Å². The molecule has 2 aromatic rings. The number of para-hydroxylation sites is 1. The number of phenolic OH excluding ortho intramolecular Hbond substituents is 1. The van der Waals surface area contributed by atoms with Gasteiger partial charge in [0.05, 0.1) is 0 Å². The van der Waals surface area contributed by atoms with Crippen molar-refractivity contribution in [3.63, 3.8) is 0 Å². The second kappa shape index (κ2) is 4.85. The zero-order chi connectivity index (χ0) is 7.68. The summed E-state index contributed by atoms with van der Waals surface area (Å²) < 4.78 is 0. The van der Waals surface area contributed by atoms with E-state index in [-0.39, 0.29) is 30.2 Å². The SMILES string of the molecule is Oc1cccc2cccnc12.[CH3-].[Cu+].